The Balaban J connectivity index is 0.00000245. The van der Waals surface area contributed by atoms with Crippen LogP contribution in [0.5, 0.6) is 0 Å². The smallest absolute Gasteiger partial charge is 0.343 e. The van der Waals surface area contributed by atoms with Gasteiger partial charge in [0.2, 0.25) is 0 Å². The fraction of sp³-hybridized carbons (Fsp3) is 0.273. The van der Waals surface area contributed by atoms with E-state index in [-0.39, 0.29) is 24.1 Å². The highest BCUT2D eigenvalue weighted by atomic mass is 127. The first kappa shape index (κ1) is 22.7. The summed E-state index contributed by atoms with van der Waals surface area (Å²) in [5, 5.41) is 6.84. The van der Waals surface area contributed by atoms with E-state index in [4.69, 9.17) is 10.2 Å². The van der Waals surface area contributed by atoms with Crippen molar-refractivity contribution in [3.05, 3.63) is 62.1 Å². The molecule has 1 aromatic carbocycles. The summed E-state index contributed by atoms with van der Waals surface area (Å²) in [6, 6.07) is 7.23. The highest BCUT2D eigenvalue weighted by molar-refractivity contribution is 14.1. The van der Waals surface area contributed by atoms with E-state index in [0.717, 1.165) is 36.0 Å². The summed E-state index contributed by atoms with van der Waals surface area (Å²) in [4.78, 5) is 23.7. The third-order valence-corrected chi connectivity index (χ3v) is 6.51. The zero-order chi connectivity index (χ0) is 21.7. The van der Waals surface area contributed by atoms with E-state index in [1.807, 2.05) is 31.2 Å². The van der Waals surface area contributed by atoms with Gasteiger partial charge in [-0.15, -0.1) is 12.4 Å². The number of halogens is 2. The van der Waals surface area contributed by atoms with Gasteiger partial charge >= 0.3 is 5.63 Å². The summed E-state index contributed by atoms with van der Waals surface area (Å²) in [6.07, 6.45) is 4.61. The van der Waals surface area contributed by atoms with E-state index in [1.165, 1.54) is 6.33 Å². The quantitative estimate of drug-likeness (QED) is 0.377. The van der Waals surface area contributed by atoms with Gasteiger partial charge in [0.25, 0.3) is 0 Å². The first-order chi connectivity index (χ1) is 15.0. The molecule has 4 aromatic rings. The molecule has 0 fully saturated rings. The molecule has 1 aliphatic heterocycles. The van der Waals surface area contributed by atoms with Crippen LogP contribution < -0.4 is 11.4 Å². The predicted octanol–water partition coefficient (Wildman–Crippen LogP) is 3.87. The monoisotopic (exact) mass is 564 g/mol. The number of aromatic nitrogens is 4. The molecule has 2 N–H and O–H groups in total. The Morgan fingerprint density at radius 3 is 2.72 bits per heavy atom. The number of hydrogen-bond acceptors (Lipinski definition) is 7. The van der Waals surface area contributed by atoms with Gasteiger partial charge in [0, 0.05) is 18.7 Å². The summed E-state index contributed by atoms with van der Waals surface area (Å²) < 4.78 is 8.43. The lowest BCUT2D eigenvalue weighted by Crippen LogP contribution is -2.26. The maximum Gasteiger partial charge on any atom is 0.343 e. The second kappa shape index (κ2) is 8.80. The number of fused-ring (bicyclic) bond motifs is 2. The molecule has 3 aromatic heterocycles. The van der Waals surface area contributed by atoms with Crippen LogP contribution in [0, 0.1) is 3.70 Å². The molecule has 10 heteroatoms. The van der Waals surface area contributed by atoms with E-state index in [1.54, 1.807) is 4.68 Å². The number of anilines is 1. The van der Waals surface area contributed by atoms with Gasteiger partial charge in [0.15, 0.2) is 5.65 Å². The van der Waals surface area contributed by atoms with Crippen molar-refractivity contribution in [1.29, 1.82) is 0 Å². The highest BCUT2D eigenvalue weighted by Gasteiger charge is 2.27. The molecule has 0 saturated heterocycles. The second-order valence-electron chi connectivity index (χ2n) is 7.80. The molecule has 166 valence electrons. The Kier molecular flexibility index (Phi) is 6.24. The van der Waals surface area contributed by atoms with Crippen LogP contribution in [0.2, 0.25) is 0 Å². The van der Waals surface area contributed by atoms with Gasteiger partial charge in [-0.3, -0.25) is 0 Å². The van der Waals surface area contributed by atoms with Crippen molar-refractivity contribution in [1.82, 2.24) is 24.6 Å². The summed E-state index contributed by atoms with van der Waals surface area (Å²) in [7, 11) is 2.10. The van der Waals surface area contributed by atoms with E-state index in [9.17, 15) is 4.79 Å². The number of likely N-dealkylation sites (N-methyl/N-ethyl adjacent to an activating group) is 1. The first-order valence-corrected chi connectivity index (χ1v) is 11.1. The van der Waals surface area contributed by atoms with Crippen LogP contribution >= 0.6 is 35.0 Å². The van der Waals surface area contributed by atoms with E-state index in [2.05, 4.69) is 55.7 Å². The minimum Gasteiger partial charge on any atom is -0.424 e. The normalized spacial score (nSPS) is 15.5. The lowest BCUT2D eigenvalue weighted by Gasteiger charge is -2.26. The molecule has 32 heavy (non-hydrogen) atoms. The molecule has 0 saturated carbocycles. The average Bonchev–Trinajstić information content (AvgIpc) is 3.11. The summed E-state index contributed by atoms with van der Waals surface area (Å²) in [5.74, 6) is 0.952. The number of rotatable bonds is 3. The third-order valence-electron chi connectivity index (χ3n) is 5.75. The van der Waals surface area contributed by atoms with Crippen LogP contribution in [0.25, 0.3) is 27.4 Å². The van der Waals surface area contributed by atoms with Crippen LogP contribution in [0.4, 0.5) is 5.82 Å². The zero-order valence-electron chi connectivity index (χ0n) is 17.6. The number of nitrogen functional groups attached to an aromatic ring is 1. The molecule has 5 rings (SSSR count). The summed E-state index contributed by atoms with van der Waals surface area (Å²) in [6.45, 7) is 3.75. The molecule has 0 spiro atoms. The topological polar surface area (TPSA) is 103 Å². The standard InChI is InChI=1S/C22H21IN6O2.ClH/c1-12(29-21-17(19(23)27-29)20(24)25-11-26-21)18-16(13-6-5-9-28(2)10-13)14-7-3-4-8-15(14)22(30)31-18;/h3-4,6-8,11-12H,5,9-10H2,1-2H3,(H2,24,25,26);1H. The summed E-state index contributed by atoms with van der Waals surface area (Å²) in [5.41, 5.74) is 8.43. The molecule has 0 aliphatic carbocycles. The van der Waals surface area contributed by atoms with E-state index >= 15 is 0 Å². The molecule has 8 nitrogen and oxygen atoms in total. The Hall–Kier alpha value is -2.50. The molecular weight excluding hydrogens is 543 g/mol. The van der Waals surface area contributed by atoms with Gasteiger partial charge in [0.1, 0.15) is 27.6 Å². The molecule has 1 atom stereocenters. The lowest BCUT2D eigenvalue weighted by atomic mass is 9.93. The van der Waals surface area contributed by atoms with Gasteiger partial charge in [-0.1, -0.05) is 24.3 Å². The lowest BCUT2D eigenvalue weighted by molar-refractivity contribution is 0.369. The minimum absolute atomic E-state index is 0. The molecule has 4 heterocycles. The third kappa shape index (κ3) is 3.67. The first-order valence-electron chi connectivity index (χ1n) is 10.0. The predicted molar refractivity (Wildman–Crippen MR) is 136 cm³/mol. The molecular formula is C22H22ClIN6O2. The summed E-state index contributed by atoms with van der Waals surface area (Å²) >= 11 is 2.13. The van der Waals surface area contributed by atoms with Crippen LogP contribution in [-0.2, 0) is 0 Å². The maximum absolute atomic E-state index is 12.9. The zero-order valence-corrected chi connectivity index (χ0v) is 20.6. The average molecular weight is 565 g/mol. The Bertz CT molecular complexity index is 1410. The number of benzene rings is 1. The number of hydrogen-bond donors (Lipinski definition) is 1. The largest absolute Gasteiger partial charge is 0.424 e. The Morgan fingerprint density at radius 2 is 1.97 bits per heavy atom. The van der Waals surface area contributed by atoms with E-state index < -0.39 is 0 Å². The number of nitrogens with zero attached hydrogens (tertiary/aromatic N) is 5. The van der Waals surface area contributed by atoms with Gasteiger partial charge < -0.3 is 15.1 Å². The fourth-order valence-electron chi connectivity index (χ4n) is 4.25. The van der Waals surface area contributed by atoms with E-state index in [0.29, 0.717) is 31.7 Å². The van der Waals surface area contributed by atoms with Crippen molar-refractivity contribution in [3.8, 4) is 0 Å². The van der Waals surface area contributed by atoms with Crippen molar-refractivity contribution in [2.75, 3.05) is 25.9 Å². The Labute approximate surface area is 204 Å². The van der Waals surface area contributed by atoms with Crippen molar-refractivity contribution >= 4 is 68.2 Å². The van der Waals surface area contributed by atoms with Gasteiger partial charge in [-0.05, 0) is 60.0 Å². The fourth-order valence-corrected chi connectivity index (χ4v) is 5.00. The van der Waals surface area contributed by atoms with Crippen molar-refractivity contribution in [2.45, 2.75) is 19.4 Å². The highest BCUT2D eigenvalue weighted by Crippen LogP contribution is 2.35. The van der Waals surface area contributed by atoms with Crippen LogP contribution in [-0.4, -0.2) is 44.8 Å². The minimum atomic E-state index is -0.374. The SMILES string of the molecule is CC(c1oc(=O)c2ccccc2c1C1=CCCN(C)C1)n1nc(I)c2c(N)ncnc21.Cl. The molecule has 0 radical (unpaired) electrons. The Morgan fingerprint density at radius 1 is 1.22 bits per heavy atom. The van der Waals surface area contributed by atoms with Crippen molar-refractivity contribution in [2.24, 2.45) is 0 Å². The molecule has 1 unspecified atom stereocenters. The molecule has 0 bridgehead atoms. The second-order valence-corrected chi connectivity index (χ2v) is 8.82. The van der Waals surface area contributed by atoms with Crippen LogP contribution in [0.15, 0.2) is 45.9 Å². The molecule has 1 aliphatic rings. The van der Waals surface area contributed by atoms with Gasteiger partial charge in [-0.25, -0.2) is 19.4 Å². The van der Waals surface area contributed by atoms with Gasteiger partial charge in [0.05, 0.1) is 10.8 Å². The van der Waals surface area contributed by atoms with Crippen LogP contribution in [0.1, 0.15) is 30.7 Å². The van der Waals surface area contributed by atoms with Crippen molar-refractivity contribution < 1.29 is 4.42 Å². The van der Waals surface area contributed by atoms with Crippen molar-refractivity contribution in [3.63, 3.8) is 0 Å². The number of nitrogens with two attached hydrogens (primary N) is 1. The van der Waals surface area contributed by atoms with Crippen LogP contribution in [0.3, 0.4) is 0 Å². The maximum atomic E-state index is 12.9. The van der Waals surface area contributed by atoms with Gasteiger partial charge in [-0.2, -0.15) is 5.10 Å². The molecule has 0 amide bonds.